The minimum Gasteiger partial charge on any atom is -0.480 e. The van der Waals surface area contributed by atoms with Crippen molar-refractivity contribution in [3.05, 3.63) is 102 Å². The van der Waals surface area contributed by atoms with Crippen LogP contribution in [0.2, 0.25) is 0 Å². The summed E-state index contributed by atoms with van der Waals surface area (Å²) in [4.78, 5) is 167. The van der Waals surface area contributed by atoms with Gasteiger partial charge in [-0.2, -0.15) is 0 Å². The van der Waals surface area contributed by atoms with Gasteiger partial charge in [0.25, 0.3) is 17.7 Å². The van der Waals surface area contributed by atoms with Gasteiger partial charge in [0.2, 0.25) is 29.5 Å². The summed E-state index contributed by atoms with van der Waals surface area (Å²) >= 11 is 0. The lowest BCUT2D eigenvalue weighted by Gasteiger charge is -2.41. The van der Waals surface area contributed by atoms with E-state index in [2.05, 4.69) is 31.9 Å². The first-order valence-corrected chi connectivity index (χ1v) is 34.0. The highest BCUT2D eigenvalue weighted by Crippen LogP contribution is 2.33. The van der Waals surface area contributed by atoms with E-state index in [9.17, 15) is 67.7 Å². The fourth-order valence-corrected chi connectivity index (χ4v) is 12.8. The number of ketones is 1. The number of anilines is 3. The maximum Gasteiger partial charge on any atom is 0.410 e. The first-order chi connectivity index (χ1) is 47.3. The summed E-state index contributed by atoms with van der Waals surface area (Å²) in [7, 11) is 6.13. The lowest BCUT2D eigenvalue weighted by atomic mass is 9.83. The molecule has 10 N–H and O–H groups in total. The van der Waals surface area contributed by atoms with Crippen LogP contribution in [0.4, 0.5) is 26.7 Å². The second-order valence-electron chi connectivity index (χ2n) is 26.8. The number of likely N-dealkylation sites (tertiary alicyclic amines) is 1. The maximum absolute atomic E-state index is 14.9. The normalized spacial score (nSPS) is 17.0. The molecule has 3 aromatic carbocycles. The number of imide groups is 1. The standard InChI is InChI=1S/C72H103N11O17/c1-15-43(8)63(56(98-13)37-59(87)82-34-20-24-54(82)65(99-14)44(9)66(91)76-45(10)64(90)47-21-17-16-18-22-47)80(11)70(95)50(40(2)3)36-55(84)62(42(6)7)81(12)72(97)100-39-46-25-28-49(29-26-46)77-68(93)51(23-19-33-74-71(73)96)78-69(94)61(41(4)5)79-67(92)48-27-30-53(52(35-48)75-38-60(88)89)83-57(85)31-32-58(83)86/h16-18,21-22,25-32,35,40-45,50-51,54,56,61-65,75,90H,15,19-20,23-24,33-34,36-39H2,1-14H3,(H,76,91)(H,77,93)(H,78,94)(H,79,92)(H,88,89)(H3,73,74,96)/t43-,44+,45-,50-,51-,54-,56+,61-,62+,63+,64-,65-/m0/s1. The number of carboxylic acid groups (broad SMARTS) is 1. The Labute approximate surface area is 585 Å². The molecule has 28 heteroatoms. The van der Waals surface area contributed by atoms with Crippen LogP contribution in [-0.4, -0.2) is 192 Å². The van der Waals surface area contributed by atoms with Gasteiger partial charge in [-0.3, -0.25) is 47.9 Å². The lowest BCUT2D eigenvalue weighted by Crippen LogP contribution is -2.55. The number of likely N-dealkylation sites (N-methyl/N-ethyl adjacent to an activating group) is 2. The molecule has 2 heterocycles. The van der Waals surface area contributed by atoms with Crippen molar-refractivity contribution in [1.29, 1.82) is 0 Å². The molecule has 100 heavy (non-hydrogen) atoms. The predicted molar refractivity (Wildman–Crippen MR) is 374 cm³/mol. The summed E-state index contributed by atoms with van der Waals surface area (Å²) in [5, 5.41) is 36.4. The third-order valence-corrected chi connectivity index (χ3v) is 18.6. The molecule has 0 saturated carbocycles. The van der Waals surface area contributed by atoms with Gasteiger partial charge in [-0.25, -0.2) is 14.5 Å². The Morgan fingerprint density at radius 3 is 1.97 bits per heavy atom. The van der Waals surface area contributed by atoms with Crippen LogP contribution >= 0.6 is 0 Å². The zero-order chi connectivity index (χ0) is 74.4. The topological polar surface area (TPSA) is 384 Å². The predicted octanol–water partition coefficient (Wildman–Crippen LogP) is 5.92. The third-order valence-electron chi connectivity index (χ3n) is 18.6. The van der Waals surface area contributed by atoms with E-state index in [4.69, 9.17) is 19.9 Å². The number of aliphatic carboxylic acids is 1. The number of rotatable bonds is 38. The number of urea groups is 1. The molecule has 28 nitrogen and oxygen atoms in total. The Hall–Kier alpha value is -9.28. The molecule has 0 aliphatic carbocycles. The monoisotopic (exact) mass is 1390 g/mol. The average molecular weight is 1390 g/mol. The number of carbonyl (C=O) groups excluding carboxylic acids is 11. The first-order valence-electron chi connectivity index (χ1n) is 34.0. The largest absolute Gasteiger partial charge is 0.480 e. The molecule has 5 rings (SSSR count). The molecule has 0 spiro atoms. The van der Waals surface area contributed by atoms with Crippen molar-refractivity contribution < 1.29 is 82.0 Å². The smallest absolute Gasteiger partial charge is 0.410 e. The number of amides is 11. The maximum atomic E-state index is 14.9. The van der Waals surface area contributed by atoms with Gasteiger partial charge < -0.3 is 76.8 Å². The second-order valence-corrected chi connectivity index (χ2v) is 26.8. The van der Waals surface area contributed by atoms with Crippen LogP contribution in [0.15, 0.2) is 84.9 Å². The number of primary amides is 1. The minimum absolute atomic E-state index is 0.00341. The highest BCUT2D eigenvalue weighted by atomic mass is 16.6. The molecule has 0 unspecified atom stereocenters. The number of carboxylic acids is 1. The molecule has 0 radical (unpaired) electrons. The Morgan fingerprint density at radius 2 is 1.40 bits per heavy atom. The van der Waals surface area contributed by atoms with E-state index in [1.165, 1.54) is 44.4 Å². The first kappa shape index (κ1) is 81.4. The third kappa shape index (κ3) is 22.1. The SMILES string of the molecule is CC[C@H](C)[C@H]([C@@H](CC(=O)N1CCC[C@H]1[C@@H](OC)[C@@H](C)C(=O)N[C@@H](C)[C@H](O)c1ccccc1)OC)N(C)C(=O)[C@@H](CC(=O)[C@@H](C(C)C)N(C)C(=O)OCc1ccc(NC(=O)[C@H](CCCNC(N)=O)NC(=O)[C@@H](NC(=O)c2ccc(N3C(=O)C=CC3=O)c(NCC(=O)O)c2)C(C)C)cc1)C(C)C. The van der Waals surface area contributed by atoms with E-state index in [0.29, 0.717) is 36.9 Å². The molecule has 0 aromatic heterocycles. The summed E-state index contributed by atoms with van der Waals surface area (Å²) in [5.74, 6) is -9.08. The van der Waals surface area contributed by atoms with Crippen LogP contribution in [-0.2, 0) is 64.0 Å². The fourth-order valence-electron chi connectivity index (χ4n) is 12.8. The van der Waals surface area contributed by atoms with Crippen molar-refractivity contribution in [3.8, 4) is 0 Å². The second kappa shape index (κ2) is 38.3. The Kier molecular flexibility index (Phi) is 31.2. The van der Waals surface area contributed by atoms with Crippen LogP contribution in [0.1, 0.15) is 142 Å². The highest BCUT2D eigenvalue weighted by Gasteiger charge is 2.44. The number of hydrogen-bond donors (Lipinski definition) is 9. The average Bonchev–Trinajstić information content (AvgIpc) is 1.44. The van der Waals surface area contributed by atoms with E-state index in [1.807, 2.05) is 45.9 Å². The molecule has 2 aliphatic heterocycles. The van der Waals surface area contributed by atoms with E-state index in [1.54, 1.807) is 94.8 Å². The molecule has 2 aliphatic rings. The number of aliphatic hydroxyl groups is 1. The number of benzene rings is 3. The molecule has 0 bridgehead atoms. The van der Waals surface area contributed by atoms with Gasteiger partial charge in [0.1, 0.15) is 25.2 Å². The van der Waals surface area contributed by atoms with Gasteiger partial charge in [-0.15, -0.1) is 0 Å². The van der Waals surface area contributed by atoms with Crippen molar-refractivity contribution in [3.63, 3.8) is 0 Å². The number of methoxy groups -OCH3 is 2. The van der Waals surface area contributed by atoms with Crippen LogP contribution in [0.3, 0.4) is 0 Å². The van der Waals surface area contributed by atoms with Crippen molar-refractivity contribution in [2.24, 2.45) is 41.2 Å². The van der Waals surface area contributed by atoms with Gasteiger partial charge in [0.15, 0.2) is 5.78 Å². The van der Waals surface area contributed by atoms with Crippen molar-refractivity contribution in [2.45, 2.75) is 175 Å². The molecule has 12 atom stereocenters. The van der Waals surface area contributed by atoms with E-state index in [-0.39, 0.29) is 96.8 Å². The van der Waals surface area contributed by atoms with E-state index in [0.717, 1.165) is 17.1 Å². The van der Waals surface area contributed by atoms with Gasteiger partial charge >= 0.3 is 18.1 Å². The molecular formula is C72H103N11O17. The van der Waals surface area contributed by atoms with Crippen molar-refractivity contribution in [2.75, 3.05) is 63.5 Å². The van der Waals surface area contributed by atoms with Crippen LogP contribution in [0.5, 0.6) is 0 Å². The van der Waals surface area contributed by atoms with E-state index < -0.39 is 132 Å². The van der Waals surface area contributed by atoms with Gasteiger partial charge in [-0.1, -0.05) is 111 Å². The number of ether oxygens (including phenoxy) is 3. The summed E-state index contributed by atoms with van der Waals surface area (Å²) < 4.78 is 17.8. The van der Waals surface area contributed by atoms with Gasteiger partial charge in [0.05, 0.1) is 66.2 Å². The summed E-state index contributed by atoms with van der Waals surface area (Å²) in [6.07, 6.45) is 0.650. The Bertz CT molecular complexity index is 3370. The fraction of sp³-hybridized carbons (Fsp3) is 0.556. The van der Waals surface area contributed by atoms with Gasteiger partial charge in [-0.05, 0) is 97.7 Å². The molecule has 1 fully saturated rings. The summed E-state index contributed by atoms with van der Waals surface area (Å²) in [5.41, 5.74) is 6.61. The number of hydrogen-bond acceptors (Lipinski definition) is 17. The van der Waals surface area contributed by atoms with Crippen LogP contribution in [0.25, 0.3) is 0 Å². The summed E-state index contributed by atoms with van der Waals surface area (Å²) in [6.45, 7) is 17.6. The molecular weight excluding hydrogens is 1290 g/mol. The number of nitrogens with one attached hydrogen (secondary N) is 6. The van der Waals surface area contributed by atoms with Crippen LogP contribution < -0.4 is 42.5 Å². The van der Waals surface area contributed by atoms with Gasteiger partial charge in [0, 0.05) is 77.1 Å². The Balaban J connectivity index is 1.22. The Morgan fingerprint density at radius 1 is 0.750 bits per heavy atom. The van der Waals surface area contributed by atoms with Crippen molar-refractivity contribution in [1.82, 2.24) is 36.0 Å². The number of nitrogens with two attached hydrogens (primary N) is 1. The number of Topliss-reactive ketones (excluding diaryl/α,β-unsaturated/α-hetero) is 1. The molecule has 1 saturated heterocycles. The quantitative estimate of drug-likeness (QED) is 0.0237. The minimum atomic E-state index is -1.27. The number of carbonyl (C=O) groups is 12. The van der Waals surface area contributed by atoms with Crippen LogP contribution in [0, 0.1) is 35.5 Å². The van der Waals surface area contributed by atoms with E-state index >= 15 is 0 Å². The molecule has 3 aromatic rings. The number of aliphatic hydroxyl groups excluding tert-OH is 1. The summed E-state index contributed by atoms with van der Waals surface area (Å²) in [6, 6.07) is 13.2. The lowest BCUT2D eigenvalue weighted by molar-refractivity contribution is -0.149. The highest BCUT2D eigenvalue weighted by molar-refractivity contribution is 6.29. The van der Waals surface area contributed by atoms with Crippen molar-refractivity contribution >= 4 is 88.2 Å². The molecule has 11 amide bonds. The zero-order valence-corrected chi connectivity index (χ0v) is 59.9. The molecule has 548 valence electrons. The zero-order valence-electron chi connectivity index (χ0n) is 59.9. The number of nitrogens with zero attached hydrogens (tertiary/aromatic N) is 4.